The second-order valence-electron chi connectivity index (χ2n) is 5.03. The van der Waals surface area contributed by atoms with Crippen LogP contribution in [0.5, 0.6) is 0 Å². The minimum atomic E-state index is -0.739. The number of hydrogen-bond donors (Lipinski definition) is 1. The fourth-order valence-corrected chi connectivity index (χ4v) is 2.49. The maximum Gasteiger partial charge on any atom is 0.317 e. The van der Waals surface area contributed by atoms with E-state index >= 15 is 0 Å². The predicted molar refractivity (Wildman–Crippen MR) is 78.5 cm³/mol. The molecule has 0 saturated carbocycles. The first-order valence-corrected chi connectivity index (χ1v) is 7.16. The molecule has 1 aromatic rings. The molecule has 0 aliphatic heterocycles. The molecule has 0 spiro atoms. The van der Waals surface area contributed by atoms with E-state index in [1.54, 1.807) is 0 Å². The first-order valence-electron chi connectivity index (χ1n) is 7.16. The lowest BCUT2D eigenvalue weighted by Gasteiger charge is -2.26. The Morgan fingerprint density at radius 2 is 1.89 bits per heavy atom. The zero-order valence-corrected chi connectivity index (χ0v) is 12.0. The molecular weight excluding hydrogens is 238 g/mol. The first kappa shape index (κ1) is 15.7. The molecule has 3 heteroatoms. The highest BCUT2D eigenvalue weighted by atomic mass is 16.4. The van der Waals surface area contributed by atoms with Gasteiger partial charge in [0.05, 0.1) is 6.54 Å². The second-order valence-corrected chi connectivity index (χ2v) is 5.03. The van der Waals surface area contributed by atoms with E-state index in [4.69, 9.17) is 5.11 Å². The van der Waals surface area contributed by atoms with Crippen molar-refractivity contribution in [3.63, 3.8) is 0 Å². The van der Waals surface area contributed by atoms with E-state index in [9.17, 15) is 4.79 Å². The van der Waals surface area contributed by atoms with Gasteiger partial charge in [-0.05, 0) is 30.9 Å². The monoisotopic (exact) mass is 263 g/mol. The third-order valence-electron chi connectivity index (χ3n) is 3.29. The fourth-order valence-electron chi connectivity index (χ4n) is 2.49. The molecule has 0 amide bonds. The Labute approximate surface area is 116 Å². The number of carbonyl (C=O) groups is 1. The summed E-state index contributed by atoms with van der Waals surface area (Å²) in [5.74, 6) is -0.311. The molecule has 106 valence electrons. The molecule has 1 atom stereocenters. The maximum absolute atomic E-state index is 10.9. The molecule has 0 fully saturated rings. The molecule has 1 rings (SSSR count). The Hall–Kier alpha value is -1.35. The Morgan fingerprint density at radius 1 is 1.21 bits per heavy atom. The second kappa shape index (κ2) is 8.70. The van der Waals surface area contributed by atoms with Crippen LogP contribution in [-0.4, -0.2) is 35.6 Å². The molecular formula is C16H25NO2. The number of benzene rings is 1. The molecule has 0 radical (unpaired) electrons. The summed E-state index contributed by atoms with van der Waals surface area (Å²) >= 11 is 0. The van der Waals surface area contributed by atoms with Crippen LogP contribution in [0.1, 0.15) is 44.6 Å². The van der Waals surface area contributed by atoms with Crippen LogP contribution < -0.4 is 0 Å². The number of rotatable bonds is 9. The lowest BCUT2D eigenvalue weighted by atomic mass is 9.94. The minimum Gasteiger partial charge on any atom is -0.480 e. The molecule has 3 nitrogen and oxygen atoms in total. The van der Waals surface area contributed by atoms with Gasteiger partial charge in [0.1, 0.15) is 0 Å². The molecule has 0 aromatic heterocycles. The van der Waals surface area contributed by atoms with Gasteiger partial charge in [-0.3, -0.25) is 9.69 Å². The van der Waals surface area contributed by atoms with Crippen molar-refractivity contribution in [2.75, 3.05) is 19.6 Å². The van der Waals surface area contributed by atoms with E-state index in [-0.39, 0.29) is 6.54 Å². The Morgan fingerprint density at radius 3 is 2.42 bits per heavy atom. The van der Waals surface area contributed by atoms with Gasteiger partial charge in [-0.15, -0.1) is 0 Å². The molecule has 0 bridgehead atoms. The molecule has 0 aliphatic carbocycles. The number of carboxylic acid groups (broad SMARTS) is 1. The molecule has 0 saturated heterocycles. The van der Waals surface area contributed by atoms with Crippen LogP contribution in [0.15, 0.2) is 30.3 Å². The van der Waals surface area contributed by atoms with E-state index in [0.717, 1.165) is 32.4 Å². The SMILES string of the molecule is CCCC(CN(CCC)CC(=O)O)c1ccccc1. The first-order chi connectivity index (χ1) is 9.17. The van der Waals surface area contributed by atoms with Crippen LogP contribution in [0.2, 0.25) is 0 Å². The zero-order chi connectivity index (χ0) is 14.1. The smallest absolute Gasteiger partial charge is 0.317 e. The summed E-state index contributed by atoms with van der Waals surface area (Å²) in [6.45, 7) is 6.09. The van der Waals surface area contributed by atoms with E-state index < -0.39 is 5.97 Å². The number of carboxylic acids is 1. The summed E-state index contributed by atoms with van der Waals surface area (Å²) in [5.41, 5.74) is 1.32. The normalized spacial score (nSPS) is 12.6. The highest BCUT2D eigenvalue weighted by molar-refractivity contribution is 5.69. The summed E-state index contributed by atoms with van der Waals surface area (Å²) in [4.78, 5) is 13.0. The number of hydrogen-bond acceptors (Lipinski definition) is 2. The highest BCUT2D eigenvalue weighted by Gasteiger charge is 2.16. The van der Waals surface area contributed by atoms with Crippen LogP contribution in [0.3, 0.4) is 0 Å². The third-order valence-corrected chi connectivity index (χ3v) is 3.29. The van der Waals surface area contributed by atoms with Crippen LogP contribution >= 0.6 is 0 Å². The van der Waals surface area contributed by atoms with Gasteiger partial charge in [0.15, 0.2) is 0 Å². The van der Waals surface area contributed by atoms with Crippen molar-refractivity contribution >= 4 is 5.97 Å². The van der Waals surface area contributed by atoms with Gasteiger partial charge < -0.3 is 5.11 Å². The average molecular weight is 263 g/mol. The Balaban J connectivity index is 2.72. The van der Waals surface area contributed by atoms with E-state index in [1.807, 2.05) is 6.07 Å². The van der Waals surface area contributed by atoms with Gasteiger partial charge in [0.2, 0.25) is 0 Å². The van der Waals surface area contributed by atoms with Gasteiger partial charge in [0.25, 0.3) is 0 Å². The molecule has 1 N–H and O–H groups in total. The van der Waals surface area contributed by atoms with Crippen LogP contribution in [0.25, 0.3) is 0 Å². The largest absolute Gasteiger partial charge is 0.480 e. The topological polar surface area (TPSA) is 40.5 Å². The van der Waals surface area contributed by atoms with Crippen molar-refractivity contribution < 1.29 is 9.90 Å². The van der Waals surface area contributed by atoms with Crippen molar-refractivity contribution in [2.45, 2.75) is 39.0 Å². The van der Waals surface area contributed by atoms with Gasteiger partial charge >= 0.3 is 5.97 Å². The fraction of sp³-hybridized carbons (Fsp3) is 0.562. The van der Waals surface area contributed by atoms with Gasteiger partial charge in [-0.25, -0.2) is 0 Å². The maximum atomic E-state index is 10.9. The van der Waals surface area contributed by atoms with Crippen LogP contribution in [0, 0.1) is 0 Å². The zero-order valence-electron chi connectivity index (χ0n) is 12.0. The Kier molecular flexibility index (Phi) is 7.19. The van der Waals surface area contributed by atoms with Crippen molar-refractivity contribution in [3.8, 4) is 0 Å². The van der Waals surface area contributed by atoms with Crippen molar-refractivity contribution in [3.05, 3.63) is 35.9 Å². The van der Waals surface area contributed by atoms with Crippen molar-refractivity contribution in [2.24, 2.45) is 0 Å². The number of aliphatic carboxylic acids is 1. The van der Waals surface area contributed by atoms with Gasteiger partial charge in [-0.1, -0.05) is 50.6 Å². The lowest BCUT2D eigenvalue weighted by molar-refractivity contribution is -0.138. The third kappa shape index (κ3) is 5.88. The molecule has 19 heavy (non-hydrogen) atoms. The molecule has 0 heterocycles. The lowest BCUT2D eigenvalue weighted by Crippen LogP contribution is -2.34. The Bertz CT molecular complexity index is 364. The highest BCUT2D eigenvalue weighted by Crippen LogP contribution is 2.22. The van der Waals surface area contributed by atoms with Gasteiger partial charge in [0, 0.05) is 6.54 Å². The average Bonchev–Trinajstić information content (AvgIpc) is 2.39. The van der Waals surface area contributed by atoms with E-state index in [0.29, 0.717) is 5.92 Å². The summed E-state index contributed by atoms with van der Waals surface area (Å²) in [6, 6.07) is 10.4. The summed E-state index contributed by atoms with van der Waals surface area (Å²) in [6.07, 6.45) is 3.21. The summed E-state index contributed by atoms with van der Waals surface area (Å²) in [7, 11) is 0. The molecule has 1 aromatic carbocycles. The van der Waals surface area contributed by atoms with Crippen molar-refractivity contribution in [1.82, 2.24) is 4.90 Å². The van der Waals surface area contributed by atoms with E-state index in [2.05, 4.69) is 43.0 Å². The minimum absolute atomic E-state index is 0.140. The molecule has 1 unspecified atom stereocenters. The summed E-state index contributed by atoms with van der Waals surface area (Å²) in [5, 5.41) is 8.98. The number of nitrogens with zero attached hydrogens (tertiary/aromatic N) is 1. The van der Waals surface area contributed by atoms with Crippen LogP contribution in [0.4, 0.5) is 0 Å². The summed E-state index contributed by atoms with van der Waals surface area (Å²) < 4.78 is 0. The standard InChI is InChI=1S/C16H25NO2/c1-3-8-15(14-9-6-5-7-10-14)12-17(11-4-2)13-16(18)19/h5-7,9-10,15H,3-4,8,11-13H2,1-2H3,(H,18,19). The van der Waals surface area contributed by atoms with Gasteiger partial charge in [-0.2, -0.15) is 0 Å². The van der Waals surface area contributed by atoms with Crippen molar-refractivity contribution in [1.29, 1.82) is 0 Å². The quantitative estimate of drug-likeness (QED) is 0.742. The van der Waals surface area contributed by atoms with Crippen LogP contribution in [-0.2, 0) is 4.79 Å². The van der Waals surface area contributed by atoms with E-state index in [1.165, 1.54) is 5.56 Å². The predicted octanol–water partition coefficient (Wildman–Crippen LogP) is 3.37. The molecule has 0 aliphatic rings.